The average Bonchev–Trinajstić information content (AvgIpc) is 2.70. The molecule has 2 aliphatic heterocycles. The summed E-state index contributed by atoms with van der Waals surface area (Å²) >= 11 is 0. The van der Waals surface area contributed by atoms with Gasteiger partial charge in [0.2, 0.25) is 0 Å². The number of sulfonamides is 1. The van der Waals surface area contributed by atoms with E-state index in [1.807, 2.05) is 26.0 Å². The van der Waals surface area contributed by atoms with Crippen LogP contribution in [0.4, 0.5) is 5.69 Å². The molecule has 154 valence electrons. The number of nitrogens with one attached hydrogen (secondary N) is 1. The van der Waals surface area contributed by atoms with Crippen LogP contribution in [0.25, 0.3) is 0 Å². The zero-order valence-electron chi connectivity index (χ0n) is 16.6. The number of carbonyl (C=O) groups is 1. The van der Waals surface area contributed by atoms with Crippen molar-refractivity contribution < 1.29 is 22.7 Å². The van der Waals surface area contributed by atoms with E-state index in [0.29, 0.717) is 30.2 Å². The van der Waals surface area contributed by atoms with E-state index in [1.165, 1.54) is 12.1 Å². The maximum absolute atomic E-state index is 12.9. The van der Waals surface area contributed by atoms with Gasteiger partial charge in [-0.2, -0.15) is 0 Å². The third kappa shape index (κ3) is 4.16. The number of hydrogen-bond acceptors (Lipinski definition) is 5. The van der Waals surface area contributed by atoms with E-state index < -0.39 is 10.0 Å². The third-order valence-electron chi connectivity index (χ3n) is 5.64. The fraction of sp³-hybridized carbons (Fsp3) is 0.409. The summed E-state index contributed by atoms with van der Waals surface area (Å²) in [5, 5.41) is 0. The molecular weight excluding hydrogens is 390 g/mol. The summed E-state index contributed by atoms with van der Waals surface area (Å²) in [7, 11) is -3.81. The van der Waals surface area contributed by atoms with Crippen molar-refractivity contribution in [2.45, 2.75) is 44.1 Å². The number of rotatable bonds is 4. The van der Waals surface area contributed by atoms with Gasteiger partial charge in [0.15, 0.2) is 5.78 Å². The first kappa shape index (κ1) is 19.9. The van der Waals surface area contributed by atoms with Crippen molar-refractivity contribution in [3.63, 3.8) is 0 Å². The quantitative estimate of drug-likeness (QED) is 0.820. The van der Waals surface area contributed by atoms with Crippen molar-refractivity contribution in [3.8, 4) is 5.75 Å². The zero-order valence-corrected chi connectivity index (χ0v) is 17.4. The Bertz CT molecular complexity index is 1040. The minimum atomic E-state index is -3.81. The molecular formula is C22H25NO5S. The first-order valence-electron chi connectivity index (χ1n) is 9.85. The van der Waals surface area contributed by atoms with Gasteiger partial charge in [-0.15, -0.1) is 0 Å². The van der Waals surface area contributed by atoms with E-state index in [-0.39, 0.29) is 29.1 Å². The molecule has 0 saturated carbocycles. The fourth-order valence-electron chi connectivity index (χ4n) is 3.98. The van der Waals surface area contributed by atoms with Crippen LogP contribution in [0.3, 0.4) is 0 Å². The van der Waals surface area contributed by atoms with E-state index in [4.69, 9.17) is 9.47 Å². The Hall–Kier alpha value is -2.38. The van der Waals surface area contributed by atoms with Crippen LogP contribution in [0.15, 0.2) is 41.3 Å². The van der Waals surface area contributed by atoms with E-state index in [2.05, 4.69) is 4.72 Å². The SMILES string of the molecule is Cc1ccc(NS(=O)(=O)c2ccc3c(c2)C(=O)CC(C2CCOCC2)O3)c(C)c1. The highest BCUT2D eigenvalue weighted by molar-refractivity contribution is 7.92. The van der Waals surface area contributed by atoms with Crippen LogP contribution < -0.4 is 9.46 Å². The minimum Gasteiger partial charge on any atom is -0.489 e. The third-order valence-corrected chi connectivity index (χ3v) is 7.01. The number of ether oxygens (including phenoxy) is 2. The monoisotopic (exact) mass is 415 g/mol. The Labute approximate surface area is 171 Å². The second-order valence-corrected chi connectivity index (χ2v) is 9.50. The lowest BCUT2D eigenvalue weighted by atomic mass is 9.87. The van der Waals surface area contributed by atoms with Crippen LogP contribution in [0, 0.1) is 19.8 Å². The predicted octanol–water partition coefficient (Wildman–Crippen LogP) is 3.86. The molecule has 0 bridgehead atoms. The van der Waals surface area contributed by atoms with Gasteiger partial charge in [0.05, 0.1) is 16.1 Å². The van der Waals surface area contributed by atoms with Crippen molar-refractivity contribution in [1.82, 2.24) is 0 Å². The molecule has 4 rings (SSSR count). The van der Waals surface area contributed by atoms with Gasteiger partial charge in [-0.25, -0.2) is 8.42 Å². The molecule has 0 radical (unpaired) electrons. The maximum atomic E-state index is 12.9. The molecule has 7 heteroatoms. The smallest absolute Gasteiger partial charge is 0.261 e. The summed E-state index contributed by atoms with van der Waals surface area (Å²) < 4.78 is 39.8. The molecule has 1 unspecified atom stereocenters. The maximum Gasteiger partial charge on any atom is 0.261 e. The number of aryl methyl sites for hydroxylation is 2. The number of Topliss-reactive ketones (excluding diaryl/α,β-unsaturated/α-hetero) is 1. The second-order valence-electron chi connectivity index (χ2n) is 7.82. The Balaban J connectivity index is 1.57. The van der Waals surface area contributed by atoms with Crippen LogP contribution in [0.5, 0.6) is 5.75 Å². The van der Waals surface area contributed by atoms with Crippen molar-refractivity contribution in [3.05, 3.63) is 53.1 Å². The lowest BCUT2D eigenvalue weighted by molar-refractivity contribution is 0.0119. The van der Waals surface area contributed by atoms with Crippen LogP contribution in [-0.2, 0) is 14.8 Å². The second kappa shape index (κ2) is 7.80. The van der Waals surface area contributed by atoms with Gasteiger partial charge in [0.1, 0.15) is 11.9 Å². The zero-order chi connectivity index (χ0) is 20.6. The number of carbonyl (C=O) groups excluding carboxylic acids is 1. The van der Waals surface area contributed by atoms with Crippen molar-refractivity contribution in [2.24, 2.45) is 5.92 Å². The summed E-state index contributed by atoms with van der Waals surface area (Å²) in [5.41, 5.74) is 2.75. The van der Waals surface area contributed by atoms with Gasteiger partial charge < -0.3 is 9.47 Å². The number of anilines is 1. The van der Waals surface area contributed by atoms with Crippen LogP contribution in [0.2, 0.25) is 0 Å². The molecule has 0 aromatic heterocycles. The summed E-state index contributed by atoms with van der Waals surface area (Å²) in [6.45, 7) is 5.18. The summed E-state index contributed by atoms with van der Waals surface area (Å²) in [6, 6.07) is 10.0. The normalized spacial score (nSPS) is 20.1. The summed E-state index contributed by atoms with van der Waals surface area (Å²) in [6.07, 6.45) is 1.85. The highest BCUT2D eigenvalue weighted by atomic mass is 32.2. The molecule has 1 fully saturated rings. The van der Waals surface area contributed by atoms with E-state index in [1.54, 1.807) is 12.1 Å². The number of benzene rings is 2. The van der Waals surface area contributed by atoms with Gasteiger partial charge in [-0.05, 0) is 56.5 Å². The summed E-state index contributed by atoms with van der Waals surface area (Å²) in [5.74, 6) is 0.671. The Morgan fingerprint density at radius 3 is 2.52 bits per heavy atom. The largest absolute Gasteiger partial charge is 0.489 e. The highest BCUT2D eigenvalue weighted by Crippen LogP contribution is 2.35. The van der Waals surface area contributed by atoms with Crippen molar-refractivity contribution in [1.29, 1.82) is 0 Å². The lowest BCUT2D eigenvalue weighted by Crippen LogP contribution is -2.36. The molecule has 2 aromatic carbocycles. The van der Waals surface area contributed by atoms with Gasteiger partial charge >= 0.3 is 0 Å². The van der Waals surface area contributed by atoms with Gasteiger partial charge in [0.25, 0.3) is 10.0 Å². The predicted molar refractivity (Wildman–Crippen MR) is 110 cm³/mol. The molecule has 2 aromatic rings. The van der Waals surface area contributed by atoms with E-state index in [9.17, 15) is 13.2 Å². The molecule has 1 saturated heterocycles. The van der Waals surface area contributed by atoms with Crippen molar-refractivity contribution >= 4 is 21.5 Å². The standard InChI is InChI=1S/C22H25NO5S/c1-14-3-5-19(15(2)11-14)23-29(25,26)17-4-6-21-18(12-17)20(24)13-22(28-21)16-7-9-27-10-8-16/h3-6,11-12,16,22-23H,7-10,13H2,1-2H3. The Kier molecular flexibility index (Phi) is 5.36. The molecule has 6 nitrogen and oxygen atoms in total. The molecule has 2 heterocycles. The molecule has 1 atom stereocenters. The lowest BCUT2D eigenvalue weighted by Gasteiger charge is -2.33. The number of ketones is 1. The first-order chi connectivity index (χ1) is 13.8. The van der Waals surface area contributed by atoms with E-state index >= 15 is 0 Å². The average molecular weight is 416 g/mol. The molecule has 0 spiro atoms. The van der Waals surface area contributed by atoms with Gasteiger partial charge in [-0.1, -0.05) is 17.7 Å². The number of fused-ring (bicyclic) bond motifs is 1. The van der Waals surface area contributed by atoms with Crippen molar-refractivity contribution in [2.75, 3.05) is 17.9 Å². The molecule has 0 amide bonds. The molecule has 0 aliphatic carbocycles. The van der Waals surface area contributed by atoms with Gasteiger partial charge in [0, 0.05) is 25.6 Å². The molecule has 2 aliphatic rings. The number of hydrogen-bond donors (Lipinski definition) is 1. The topological polar surface area (TPSA) is 81.7 Å². The van der Waals surface area contributed by atoms with Crippen LogP contribution in [-0.4, -0.2) is 33.5 Å². The van der Waals surface area contributed by atoms with E-state index in [0.717, 1.165) is 24.0 Å². The Morgan fingerprint density at radius 2 is 1.79 bits per heavy atom. The Morgan fingerprint density at radius 1 is 1.03 bits per heavy atom. The molecule has 1 N–H and O–H groups in total. The highest BCUT2D eigenvalue weighted by Gasteiger charge is 2.34. The van der Waals surface area contributed by atoms with Crippen LogP contribution in [0.1, 0.15) is 40.7 Å². The summed E-state index contributed by atoms with van der Waals surface area (Å²) in [4.78, 5) is 12.8. The first-order valence-corrected chi connectivity index (χ1v) is 11.3. The van der Waals surface area contributed by atoms with Gasteiger partial charge in [-0.3, -0.25) is 9.52 Å². The minimum absolute atomic E-state index is 0.0534. The fourth-order valence-corrected chi connectivity index (χ4v) is 5.13. The molecule has 29 heavy (non-hydrogen) atoms. The van der Waals surface area contributed by atoms with Crippen LogP contribution >= 0.6 is 0 Å².